The smallest absolute Gasteiger partial charge is 0.309 e. The van der Waals surface area contributed by atoms with Crippen LogP contribution in [0.1, 0.15) is 51.5 Å². The largest absolute Gasteiger partial charge is 0.456 e. The lowest BCUT2D eigenvalue weighted by molar-refractivity contribution is -0.154. The summed E-state index contributed by atoms with van der Waals surface area (Å²) < 4.78 is 18.4. The zero-order valence-corrected chi connectivity index (χ0v) is 14.5. The molecule has 1 aromatic carbocycles. The molecule has 1 aliphatic carbocycles. The molecule has 0 N–H and O–H groups in total. The third-order valence-electron chi connectivity index (χ3n) is 6.00. The summed E-state index contributed by atoms with van der Waals surface area (Å²) >= 11 is 0. The molecule has 1 saturated carbocycles. The topological polar surface area (TPSA) is 44.8 Å². The second-order valence-electron chi connectivity index (χ2n) is 7.94. The molecule has 1 spiro atoms. The van der Waals surface area contributed by atoms with Gasteiger partial charge in [-0.05, 0) is 45.1 Å². The van der Waals surface area contributed by atoms with Crippen molar-refractivity contribution in [3.05, 3.63) is 35.9 Å². The molecule has 3 fully saturated rings. The van der Waals surface area contributed by atoms with Crippen LogP contribution in [0.3, 0.4) is 0 Å². The minimum Gasteiger partial charge on any atom is -0.456 e. The molecular weight excluding hydrogens is 304 g/mol. The van der Waals surface area contributed by atoms with E-state index in [0.717, 1.165) is 25.7 Å². The molecule has 2 heterocycles. The van der Waals surface area contributed by atoms with Gasteiger partial charge in [-0.15, -0.1) is 0 Å². The van der Waals surface area contributed by atoms with E-state index in [2.05, 4.69) is 26.0 Å². The molecular formula is C20H26O4. The van der Waals surface area contributed by atoms with E-state index in [-0.39, 0.29) is 29.7 Å². The first kappa shape index (κ1) is 16.1. The summed E-state index contributed by atoms with van der Waals surface area (Å²) in [5, 5.41) is 0. The Morgan fingerprint density at radius 1 is 1.25 bits per heavy atom. The first-order valence-corrected chi connectivity index (χ1v) is 9.05. The lowest BCUT2D eigenvalue weighted by Crippen LogP contribution is -2.45. The van der Waals surface area contributed by atoms with Gasteiger partial charge in [0.2, 0.25) is 0 Å². The molecule has 0 radical (unpaired) electrons. The molecule has 2 aliphatic heterocycles. The van der Waals surface area contributed by atoms with E-state index in [1.807, 2.05) is 18.2 Å². The van der Waals surface area contributed by atoms with E-state index >= 15 is 0 Å². The third kappa shape index (κ3) is 2.66. The molecule has 0 unspecified atom stereocenters. The van der Waals surface area contributed by atoms with Gasteiger partial charge in [-0.1, -0.05) is 30.3 Å². The summed E-state index contributed by atoms with van der Waals surface area (Å²) in [5.74, 6) is 0.0916. The highest BCUT2D eigenvalue weighted by Crippen LogP contribution is 2.56. The van der Waals surface area contributed by atoms with Gasteiger partial charge in [0.15, 0.2) is 0 Å². The van der Waals surface area contributed by atoms with E-state index in [1.165, 1.54) is 5.56 Å². The zero-order chi connectivity index (χ0) is 16.8. The molecule has 3 aliphatic rings. The fraction of sp³-hybridized carbons (Fsp3) is 0.650. The van der Waals surface area contributed by atoms with Crippen molar-refractivity contribution in [2.45, 2.75) is 76.0 Å². The van der Waals surface area contributed by atoms with Gasteiger partial charge in [-0.3, -0.25) is 4.79 Å². The molecule has 130 valence electrons. The zero-order valence-electron chi connectivity index (χ0n) is 14.5. The van der Waals surface area contributed by atoms with Crippen LogP contribution in [-0.4, -0.2) is 29.4 Å². The molecule has 4 atom stereocenters. The molecule has 4 nitrogen and oxygen atoms in total. The molecule has 4 heteroatoms. The molecule has 24 heavy (non-hydrogen) atoms. The van der Waals surface area contributed by atoms with Gasteiger partial charge in [0.05, 0.1) is 24.7 Å². The summed E-state index contributed by atoms with van der Waals surface area (Å²) in [6.45, 7) is 4.89. The Hall–Kier alpha value is -1.39. The third-order valence-corrected chi connectivity index (χ3v) is 6.00. The SMILES string of the molecule is CC1(C)O[C@@H]2CC(=O)O[C@@]23CCC[C@H](OCc2ccccc2)C[C@H]13. The summed E-state index contributed by atoms with van der Waals surface area (Å²) in [7, 11) is 0. The highest BCUT2D eigenvalue weighted by atomic mass is 16.6. The standard InChI is InChI=1S/C20H26O4/c1-19(2)16-11-15(22-13-14-7-4-3-5-8-14)9-6-10-20(16)17(23-19)12-18(21)24-20/h3-5,7-8,15-17H,6,9-13H2,1-2H3/t15-,16+,17+,20+/m0/s1. The molecule has 2 saturated heterocycles. The molecule has 4 rings (SSSR count). The number of benzene rings is 1. The fourth-order valence-electron chi connectivity index (χ4n) is 4.91. The van der Waals surface area contributed by atoms with E-state index < -0.39 is 5.60 Å². The Morgan fingerprint density at radius 3 is 2.83 bits per heavy atom. The predicted molar refractivity (Wildman–Crippen MR) is 89.4 cm³/mol. The number of esters is 1. The van der Waals surface area contributed by atoms with Crippen molar-refractivity contribution in [2.24, 2.45) is 5.92 Å². The lowest BCUT2D eigenvalue weighted by Gasteiger charge is -2.35. The van der Waals surface area contributed by atoms with E-state index in [9.17, 15) is 4.79 Å². The molecule has 1 aromatic rings. The molecule has 0 aromatic heterocycles. The monoisotopic (exact) mass is 330 g/mol. The van der Waals surface area contributed by atoms with Crippen LogP contribution in [0.4, 0.5) is 0 Å². The molecule has 0 bridgehead atoms. The van der Waals surface area contributed by atoms with Crippen molar-refractivity contribution >= 4 is 5.97 Å². The second-order valence-corrected chi connectivity index (χ2v) is 7.94. The van der Waals surface area contributed by atoms with Crippen LogP contribution in [0.5, 0.6) is 0 Å². The minimum atomic E-state index is -0.425. The highest BCUT2D eigenvalue weighted by Gasteiger charge is 2.66. The van der Waals surface area contributed by atoms with E-state index in [0.29, 0.717) is 13.0 Å². The van der Waals surface area contributed by atoms with Crippen molar-refractivity contribution in [1.29, 1.82) is 0 Å². The van der Waals surface area contributed by atoms with Crippen LogP contribution in [0.25, 0.3) is 0 Å². The maximum absolute atomic E-state index is 11.9. The lowest BCUT2D eigenvalue weighted by atomic mass is 9.74. The van der Waals surface area contributed by atoms with Crippen LogP contribution < -0.4 is 0 Å². The Bertz CT molecular complexity index is 611. The maximum atomic E-state index is 11.9. The van der Waals surface area contributed by atoms with E-state index in [1.54, 1.807) is 0 Å². The van der Waals surface area contributed by atoms with Gasteiger partial charge in [0.25, 0.3) is 0 Å². The Balaban J connectivity index is 1.50. The van der Waals surface area contributed by atoms with Gasteiger partial charge in [-0.25, -0.2) is 0 Å². The summed E-state index contributed by atoms with van der Waals surface area (Å²) in [4.78, 5) is 11.9. The number of carbonyl (C=O) groups excluding carboxylic acids is 1. The number of ether oxygens (including phenoxy) is 3. The van der Waals surface area contributed by atoms with E-state index in [4.69, 9.17) is 14.2 Å². The maximum Gasteiger partial charge on any atom is 0.309 e. The van der Waals surface area contributed by atoms with Crippen LogP contribution in [-0.2, 0) is 25.6 Å². The van der Waals surface area contributed by atoms with Crippen LogP contribution in [0.2, 0.25) is 0 Å². The second kappa shape index (κ2) is 5.85. The number of carbonyl (C=O) groups is 1. The average molecular weight is 330 g/mol. The quantitative estimate of drug-likeness (QED) is 0.794. The highest BCUT2D eigenvalue weighted by molar-refractivity contribution is 5.74. The summed E-state index contributed by atoms with van der Waals surface area (Å²) in [6.07, 6.45) is 4.32. The first-order chi connectivity index (χ1) is 11.5. The Morgan fingerprint density at radius 2 is 2.04 bits per heavy atom. The normalized spacial score (nSPS) is 37.4. The van der Waals surface area contributed by atoms with Gasteiger partial charge in [-0.2, -0.15) is 0 Å². The van der Waals surface area contributed by atoms with Crippen molar-refractivity contribution < 1.29 is 19.0 Å². The number of rotatable bonds is 3. The van der Waals surface area contributed by atoms with Gasteiger partial charge in [0.1, 0.15) is 11.7 Å². The van der Waals surface area contributed by atoms with Gasteiger partial charge < -0.3 is 14.2 Å². The number of hydrogen-bond donors (Lipinski definition) is 0. The minimum absolute atomic E-state index is 0.0853. The van der Waals surface area contributed by atoms with Crippen LogP contribution >= 0.6 is 0 Å². The van der Waals surface area contributed by atoms with Crippen molar-refractivity contribution in [2.75, 3.05) is 0 Å². The van der Waals surface area contributed by atoms with Crippen LogP contribution in [0, 0.1) is 5.92 Å². The van der Waals surface area contributed by atoms with Gasteiger partial charge in [0, 0.05) is 5.92 Å². The van der Waals surface area contributed by atoms with Crippen molar-refractivity contribution in [1.82, 2.24) is 0 Å². The van der Waals surface area contributed by atoms with Crippen molar-refractivity contribution in [3.63, 3.8) is 0 Å². The summed E-state index contributed by atoms with van der Waals surface area (Å²) in [6, 6.07) is 10.3. The Labute approximate surface area is 143 Å². The van der Waals surface area contributed by atoms with Crippen LogP contribution in [0.15, 0.2) is 30.3 Å². The first-order valence-electron chi connectivity index (χ1n) is 9.05. The average Bonchev–Trinajstić information content (AvgIpc) is 2.84. The van der Waals surface area contributed by atoms with Crippen molar-refractivity contribution in [3.8, 4) is 0 Å². The summed E-state index contributed by atoms with van der Waals surface area (Å²) in [5.41, 5.74) is 0.499. The number of hydrogen-bond acceptors (Lipinski definition) is 4. The Kier molecular flexibility index (Phi) is 3.92. The predicted octanol–water partition coefficient (Wildman–Crippen LogP) is 3.63. The molecule has 0 amide bonds. The van der Waals surface area contributed by atoms with Gasteiger partial charge >= 0.3 is 5.97 Å². The fourth-order valence-corrected chi connectivity index (χ4v) is 4.91.